The number of hydrogen-bond acceptors (Lipinski definition) is 6. The van der Waals surface area contributed by atoms with Crippen LogP contribution in [0.3, 0.4) is 0 Å². The molecule has 2 aromatic heterocycles. The lowest BCUT2D eigenvalue weighted by atomic mass is 9.97. The van der Waals surface area contributed by atoms with Crippen molar-refractivity contribution in [3.8, 4) is 6.07 Å². The molecule has 1 amide bonds. The van der Waals surface area contributed by atoms with E-state index in [1.807, 2.05) is 39.9 Å². The van der Waals surface area contributed by atoms with Crippen molar-refractivity contribution in [2.75, 3.05) is 25.0 Å². The smallest absolute Gasteiger partial charge is 0.254 e. The highest BCUT2D eigenvalue weighted by molar-refractivity contribution is 7.08. The minimum absolute atomic E-state index is 0.0847. The Morgan fingerprint density at radius 3 is 3.20 bits per heavy atom. The molecule has 6 nitrogen and oxygen atoms in total. The number of aromatic nitrogens is 1. The molecule has 4 heterocycles. The zero-order valence-corrected chi connectivity index (χ0v) is 14.5. The predicted molar refractivity (Wildman–Crippen MR) is 94.5 cm³/mol. The molecule has 2 aliphatic heterocycles. The molecule has 0 saturated carbocycles. The number of anilines is 1. The predicted octanol–water partition coefficient (Wildman–Crippen LogP) is 2.50. The van der Waals surface area contributed by atoms with Crippen molar-refractivity contribution in [2.45, 2.75) is 24.5 Å². The average molecular weight is 354 g/mol. The first-order chi connectivity index (χ1) is 12.2. The van der Waals surface area contributed by atoms with Crippen LogP contribution in [-0.4, -0.2) is 47.1 Å². The van der Waals surface area contributed by atoms with Gasteiger partial charge in [-0.05, 0) is 30.0 Å². The van der Waals surface area contributed by atoms with E-state index >= 15 is 0 Å². The Morgan fingerprint density at radius 1 is 1.48 bits per heavy atom. The molecule has 25 heavy (non-hydrogen) atoms. The van der Waals surface area contributed by atoms with Crippen LogP contribution in [0.5, 0.6) is 0 Å². The number of nitriles is 1. The summed E-state index contributed by atoms with van der Waals surface area (Å²) in [6.07, 6.45) is 1.69. The van der Waals surface area contributed by atoms with E-state index in [1.165, 1.54) is 11.3 Å². The number of carbonyl (C=O) groups excluding carboxylic acids is 1. The van der Waals surface area contributed by atoms with Crippen LogP contribution in [0.4, 0.5) is 5.82 Å². The van der Waals surface area contributed by atoms with Gasteiger partial charge in [0.25, 0.3) is 5.91 Å². The lowest BCUT2D eigenvalue weighted by molar-refractivity contribution is 0.0125. The van der Waals surface area contributed by atoms with Crippen LogP contribution in [0.25, 0.3) is 0 Å². The normalized spacial score (nSPS) is 25.2. The van der Waals surface area contributed by atoms with E-state index in [-0.39, 0.29) is 17.6 Å². The maximum atomic E-state index is 12.5. The van der Waals surface area contributed by atoms with Gasteiger partial charge < -0.3 is 15.0 Å². The minimum Gasteiger partial charge on any atom is -0.371 e. The highest BCUT2D eigenvalue weighted by Crippen LogP contribution is 2.36. The van der Waals surface area contributed by atoms with Crippen LogP contribution in [0, 0.1) is 11.3 Å². The standard InChI is InChI=1S/C18H18N4O2S/c19-9-14-2-1-3-16(20-14)21-15-8-18(24-10-15)5-6-22(12-18)17(23)13-4-7-25-11-13/h1-4,7,11,15H,5-6,8,10,12H2,(H,20,21). The number of likely N-dealkylation sites (tertiary alicyclic amines) is 1. The minimum atomic E-state index is -0.268. The van der Waals surface area contributed by atoms with E-state index in [2.05, 4.69) is 10.3 Å². The van der Waals surface area contributed by atoms with E-state index in [9.17, 15) is 4.79 Å². The number of amides is 1. The van der Waals surface area contributed by atoms with Gasteiger partial charge in [0.1, 0.15) is 17.6 Å². The van der Waals surface area contributed by atoms with Crippen molar-refractivity contribution in [3.63, 3.8) is 0 Å². The average Bonchev–Trinajstić information content (AvgIpc) is 3.37. The summed E-state index contributed by atoms with van der Waals surface area (Å²) in [6.45, 7) is 1.94. The highest BCUT2D eigenvalue weighted by Gasteiger charge is 2.46. The lowest BCUT2D eigenvalue weighted by Gasteiger charge is -2.23. The number of thiophene rings is 1. The Balaban J connectivity index is 1.39. The fraction of sp³-hybridized carbons (Fsp3) is 0.389. The van der Waals surface area contributed by atoms with Crippen molar-refractivity contribution in [2.24, 2.45) is 0 Å². The molecule has 0 aliphatic carbocycles. The van der Waals surface area contributed by atoms with E-state index < -0.39 is 0 Å². The van der Waals surface area contributed by atoms with Crippen molar-refractivity contribution >= 4 is 23.1 Å². The number of pyridine rings is 1. The largest absolute Gasteiger partial charge is 0.371 e. The van der Waals surface area contributed by atoms with Crippen molar-refractivity contribution < 1.29 is 9.53 Å². The Bertz CT molecular complexity index is 817. The monoisotopic (exact) mass is 354 g/mol. The zero-order chi connectivity index (χ0) is 17.3. The molecule has 1 spiro atoms. The van der Waals surface area contributed by atoms with Crippen molar-refractivity contribution in [1.29, 1.82) is 5.26 Å². The van der Waals surface area contributed by atoms with Gasteiger partial charge in [0.15, 0.2) is 0 Å². The molecule has 2 saturated heterocycles. The molecule has 4 rings (SSSR count). The highest BCUT2D eigenvalue weighted by atomic mass is 32.1. The van der Waals surface area contributed by atoms with E-state index in [1.54, 1.807) is 6.07 Å². The van der Waals surface area contributed by atoms with Gasteiger partial charge in [-0.15, -0.1) is 0 Å². The number of ether oxygens (including phenoxy) is 1. The summed E-state index contributed by atoms with van der Waals surface area (Å²) < 4.78 is 6.09. The molecule has 2 aromatic rings. The third kappa shape index (κ3) is 3.23. The second-order valence-corrected chi connectivity index (χ2v) is 7.33. The van der Waals surface area contributed by atoms with Gasteiger partial charge in [-0.2, -0.15) is 16.6 Å². The van der Waals surface area contributed by atoms with Crippen LogP contribution in [0.2, 0.25) is 0 Å². The van der Waals surface area contributed by atoms with Crippen LogP contribution in [-0.2, 0) is 4.74 Å². The first-order valence-corrected chi connectivity index (χ1v) is 9.21. The van der Waals surface area contributed by atoms with Gasteiger partial charge in [0, 0.05) is 18.3 Å². The maximum Gasteiger partial charge on any atom is 0.254 e. The van der Waals surface area contributed by atoms with Crippen LogP contribution >= 0.6 is 11.3 Å². The van der Waals surface area contributed by atoms with Gasteiger partial charge in [0.05, 0.1) is 30.4 Å². The first-order valence-electron chi connectivity index (χ1n) is 8.27. The number of hydrogen-bond donors (Lipinski definition) is 1. The molecule has 128 valence electrons. The van der Waals surface area contributed by atoms with Crippen molar-refractivity contribution in [3.05, 3.63) is 46.3 Å². The Labute approximate surface area is 150 Å². The molecular weight excluding hydrogens is 336 g/mol. The summed E-state index contributed by atoms with van der Waals surface area (Å²) >= 11 is 1.54. The van der Waals surface area contributed by atoms with Gasteiger partial charge in [-0.3, -0.25) is 4.79 Å². The summed E-state index contributed by atoms with van der Waals surface area (Å²) in [6, 6.07) is 9.40. The number of nitrogens with zero attached hydrogens (tertiary/aromatic N) is 3. The van der Waals surface area contributed by atoms with E-state index in [4.69, 9.17) is 10.00 Å². The number of rotatable bonds is 3. The molecule has 2 aliphatic rings. The summed E-state index contributed by atoms with van der Waals surface area (Å²) in [5, 5.41) is 16.1. The molecule has 0 bridgehead atoms. The molecular formula is C18H18N4O2S. The van der Waals surface area contributed by atoms with Gasteiger partial charge in [0.2, 0.25) is 0 Å². The maximum absolute atomic E-state index is 12.5. The van der Waals surface area contributed by atoms with E-state index in [0.29, 0.717) is 24.7 Å². The Morgan fingerprint density at radius 2 is 2.40 bits per heavy atom. The quantitative estimate of drug-likeness (QED) is 0.916. The second-order valence-electron chi connectivity index (χ2n) is 6.55. The molecule has 0 aromatic carbocycles. The summed E-state index contributed by atoms with van der Waals surface area (Å²) in [7, 11) is 0. The fourth-order valence-electron chi connectivity index (χ4n) is 3.59. The Kier molecular flexibility index (Phi) is 4.15. The molecule has 2 fully saturated rings. The SMILES string of the molecule is N#Cc1cccc(NC2COC3(CCN(C(=O)c4ccsc4)C3)C2)n1. The molecule has 0 radical (unpaired) electrons. The molecule has 2 unspecified atom stereocenters. The van der Waals surface area contributed by atoms with Crippen LogP contribution in [0.15, 0.2) is 35.0 Å². The lowest BCUT2D eigenvalue weighted by Crippen LogP contribution is -2.36. The van der Waals surface area contributed by atoms with Crippen LogP contribution in [0.1, 0.15) is 28.9 Å². The fourth-order valence-corrected chi connectivity index (χ4v) is 4.22. The van der Waals surface area contributed by atoms with Gasteiger partial charge in [-0.1, -0.05) is 6.07 Å². The van der Waals surface area contributed by atoms with Gasteiger partial charge in [-0.25, -0.2) is 4.98 Å². The van der Waals surface area contributed by atoms with E-state index in [0.717, 1.165) is 24.9 Å². The number of carbonyl (C=O) groups is 1. The molecule has 2 atom stereocenters. The summed E-state index contributed by atoms with van der Waals surface area (Å²) in [5.41, 5.74) is 0.884. The number of nitrogens with one attached hydrogen (secondary N) is 1. The summed E-state index contributed by atoms with van der Waals surface area (Å²) in [4.78, 5) is 18.7. The third-order valence-electron chi connectivity index (χ3n) is 4.80. The first kappa shape index (κ1) is 16.1. The molecule has 1 N–H and O–H groups in total. The summed E-state index contributed by atoms with van der Waals surface area (Å²) in [5.74, 6) is 0.774. The van der Waals surface area contributed by atoms with Crippen molar-refractivity contribution in [1.82, 2.24) is 9.88 Å². The Hall–Kier alpha value is -2.43. The van der Waals surface area contributed by atoms with Crippen LogP contribution < -0.4 is 5.32 Å². The van der Waals surface area contributed by atoms with Gasteiger partial charge >= 0.3 is 0 Å². The second kappa shape index (κ2) is 6.47. The zero-order valence-electron chi connectivity index (χ0n) is 13.6. The molecule has 7 heteroatoms. The topological polar surface area (TPSA) is 78.2 Å². The third-order valence-corrected chi connectivity index (χ3v) is 5.48.